The minimum atomic E-state index is -0.202. The molecule has 0 aliphatic heterocycles. The highest BCUT2D eigenvalue weighted by Gasteiger charge is 2.15. The van der Waals surface area contributed by atoms with Crippen LogP contribution in [0.5, 0.6) is 0 Å². The van der Waals surface area contributed by atoms with Crippen LogP contribution in [0.15, 0.2) is 72.8 Å². The quantitative estimate of drug-likeness (QED) is 0.435. The van der Waals surface area contributed by atoms with Crippen molar-refractivity contribution in [3.05, 3.63) is 94.8 Å². The van der Waals surface area contributed by atoms with Crippen LogP contribution in [0.25, 0.3) is 11.0 Å². The summed E-state index contributed by atoms with van der Waals surface area (Å²) in [6.07, 6.45) is 0.492. The summed E-state index contributed by atoms with van der Waals surface area (Å²) < 4.78 is 1.88. The molecule has 32 heavy (non-hydrogen) atoms. The molecule has 7 heteroatoms. The van der Waals surface area contributed by atoms with Crippen molar-refractivity contribution in [2.24, 2.45) is 0 Å². The fourth-order valence-corrected chi connectivity index (χ4v) is 3.78. The van der Waals surface area contributed by atoms with E-state index in [-0.39, 0.29) is 18.4 Å². The predicted molar refractivity (Wildman–Crippen MR) is 127 cm³/mol. The van der Waals surface area contributed by atoms with Crippen molar-refractivity contribution in [1.29, 1.82) is 0 Å². The lowest BCUT2D eigenvalue weighted by Gasteiger charge is -2.12. The summed E-state index contributed by atoms with van der Waals surface area (Å²) in [6.45, 7) is 2.40. The number of nitrogens with one attached hydrogen (secondary N) is 2. The summed E-state index contributed by atoms with van der Waals surface area (Å²) >= 11 is 6.16. The molecule has 4 rings (SSSR count). The molecule has 162 valence electrons. The second-order valence-corrected chi connectivity index (χ2v) is 7.86. The third-order valence-electron chi connectivity index (χ3n) is 5.21. The van der Waals surface area contributed by atoms with Crippen LogP contribution in [0, 0.1) is 6.92 Å². The first-order valence-electron chi connectivity index (χ1n) is 10.4. The fourth-order valence-electron chi connectivity index (χ4n) is 3.60. The van der Waals surface area contributed by atoms with E-state index in [0.717, 1.165) is 22.4 Å². The number of imidazole rings is 1. The van der Waals surface area contributed by atoms with Gasteiger partial charge in [-0.2, -0.15) is 0 Å². The second-order valence-electron chi connectivity index (χ2n) is 7.45. The number of halogens is 1. The molecular weight excluding hydrogens is 424 g/mol. The van der Waals surface area contributed by atoms with Crippen LogP contribution in [0.2, 0.25) is 5.02 Å². The van der Waals surface area contributed by atoms with E-state index in [1.807, 2.05) is 66.1 Å². The van der Waals surface area contributed by atoms with Crippen molar-refractivity contribution in [3.63, 3.8) is 0 Å². The molecule has 2 N–H and O–H groups in total. The third-order valence-corrected chi connectivity index (χ3v) is 5.54. The van der Waals surface area contributed by atoms with Gasteiger partial charge < -0.3 is 15.2 Å². The summed E-state index contributed by atoms with van der Waals surface area (Å²) in [6, 6.07) is 22.2. The molecular formula is C25H23ClN4O2. The van der Waals surface area contributed by atoms with E-state index in [1.165, 1.54) is 0 Å². The number of rotatable bonds is 7. The zero-order chi connectivity index (χ0) is 22.5. The average Bonchev–Trinajstić information content (AvgIpc) is 3.13. The number of fused-ring (bicyclic) bond motifs is 1. The summed E-state index contributed by atoms with van der Waals surface area (Å²) in [7, 11) is 0. The maximum absolute atomic E-state index is 12.7. The number of carbonyl (C=O) groups is 2. The number of aryl methyl sites for hydroxylation is 1. The Morgan fingerprint density at radius 1 is 0.969 bits per heavy atom. The van der Waals surface area contributed by atoms with E-state index in [0.29, 0.717) is 29.2 Å². The second kappa shape index (κ2) is 9.66. The molecule has 1 aromatic heterocycles. The fraction of sp³-hybridized carbons (Fsp3) is 0.160. The molecule has 0 radical (unpaired) electrons. The Balaban J connectivity index is 1.49. The number of amides is 2. The monoisotopic (exact) mass is 446 g/mol. The number of anilines is 1. The summed E-state index contributed by atoms with van der Waals surface area (Å²) in [5.74, 6) is 0.402. The first kappa shape index (κ1) is 21.6. The minimum absolute atomic E-state index is 0.0901. The maximum Gasteiger partial charge on any atom is 0.251 e. The number of hydrogen-bond acceptors (Lipinski definition) is 3. The van der Waals surface area contributed by atoms with Gasteiger partial charge in [-0.1, -0.05) is 54.1 Å². The first-order valence-corrected chi connectivity index (χ1v) is 10.7. The van der Waals surface area contributed by atoms with E-state index in [4.69, 9.17) is 11.6 Å². The normalized spacial score (nSPS) is 10.8. The number of aromatic nitrogens is 2. The van der Waals surface area contributed by atoms with Crippen LogP contribution in [-0.4, -0.2) is 27.9 Å². The lowest BCUT2D eigenvalue weighted by atomic mass is 10.1. The largest absolute Gasteiger partial charge is 0.352 e. The smallest absolute Gasteiger partial charge is 0.251 e. The molecule has 0 fully saturated rings. The van der Waals surface area contributed by atoms with Gasteiger partial charge in [-0.25, -0.2) is 4.98 Å². The van der Waals surface area contributed by atoms with E-state index >= 15 is 0 Å². The van der Waals surface area contributed by atoms with Gasteiger partial charge in [0.05, 0.1) is 21.7 Å². The van der Waals surface area contributed by atoms with Crippen molar-refractivity contribution < 1.29 is 9.59 Å². The van der Waals surface area contributed by atoms with Crippen molar-refractivity contribution in [3.8, 4) is 0 Å². The van der Waals surface area contributed by atoms with E-state index in [9.17, 15) is 9.59 Å². The molecule has 4 aromatic rings. The Bertz CT molecular complexity index is 1280. The third kappa shape index (κ3) is 4.81. The summed E-state index contributed by atoms with van der Waals surface area (Å²) in [5, 5.41) is 6.29. The molecule has 0 aliphatic rings. The number of hydrogen-bond donors (Lipinski definition) is 2. The molecule has 6 nitrogen and oxygen atoms in total. The predicted octanol–water partition coefficient (Wildman–Crippen LogP) is 4.61. The Morgan fingerprint density at radius 2 is 1.69 bits per heavy atom. The van der Waals surface area contributed by atoms with Crippen LogP contribution in [0.1, 0.15) is 21.7 Å². The Labute approximate surface area is 191 Å². The SMILES string of the molecule is Cc1ccccc1C(=O)NCCc1nc2ccccc2n1CC(=O)Nc1ccccc1Cl. The van der Waals surface area contributed by atoms with Gasteiger partial charge in [0, 0.05) is 18.5 Å². The molecule has 0 atom stereocenters. The number of nitrogens with zero attached hydrogens (tertiary/aromatic N) is 2. The number of benzene rings is 3. The zero-order valence-electron chi connectivity index (χ0n) is 17.6. The van der Waals surface area contributed by atoms with Crippen molar-refractivity contribution in [2.45, 2.75) is 19.9 Å². The van der Waals surface area contributed by atoms with Gasteiger partial charge >= 0.3 is 0 Å². The van der Waals surface area contributed by atoms with Gasteiger partial charge in [0.1, 0.15) is 12.4 Å². The van der Waals surface area contributed by atoms with Crippen LogP contribution in [-0.2, 0) is 17.8 Å². The minimum Gasteiger partial charge on any atom is -0.352 e. The molecule has 0 saturated carbocycles. The Hall–Kier alpha value is -3.64. The highest BCUT2D eigenvalue weighted by atomic mass is 35.5. The number of carbonyl (C=O) groups excluding carboxylic acids is 2. The van der Waals surface area contributed by atoms with Crippen LogP contribution in [0.4, 0.5) is 5.69 Å². The summed E-state index contributed by atoms with van der Waals surface area (Å²) in [4.78, 5) is 29.9. The summed E-state index contributed by atoms with van der Waals surface area (Å²) in [5.41, 5.74) is 3.81. The Kier molecular flexibility index (Phi) is 6.52. The van der Waals surface area contributed by atoms with Gasteiger partial charge in [-0.3, -0.25) is 9.59 Å². The van der Waals surface area contributed by atoms with Crippen LogP contribution in [0.3, 0.4) is 0 Å². The highest BCUT2D eigenvalue weighted by molar-refractivity contribution is 6.33. The molecule has 3 aromatic carbocycles. The van der Waals surface area contributed by atoms with Crippen molar-refractivity contribution in [1.82, 2.24) is 14.9 Å². The highest BCUT2D eigenvalue weighted by Crippen LogP contribution is 2.21. The first-order chi connectivity index (χ1) is 15.5. The molecule has 0 unspecified atom stereocenters. The lowest BCUT2D eigenvalue weighted by Crippen LogP contribution is -2.27. The van der Waals surface area contributed by atoms with E-state index in [2.05, 4.69) is 15.6 Å². The van der Waals surface area contributed by atoms with Gasteiger partial charge in [-0.15, -0.1) is 0 Å². The zero-order valence-corrected chi connectivity index (χ0v) is 18.4. The average molecular weight is 447 g/mol. The molecule has 1 heterocycles. The lowest BCUT2D eigenvalue weighted by molar-refractivity contribution is -0.116. The molecule has 0 aliphatic carbocycles. The maximum atomic E-state index is 12.7. The Morgan fingerprint density at radius 3 is 2.50 bits per heavy atom. The van der Waals surface area contributed by atoms with Crippen LogP contribution < -0.4 is 10.6 Å². The van der Waals surface area contributed by atoms with Gasteiger partial charge in [-0.05, 0) is 42.8 Å². The van der Waals surface area contributed by atoms with Gasteiger partial charge in [0.15, 0.2) is 0 Å². The molecule has 0 spiro atoms. The van der Waals surface area contributed by atoms with Crippen molar-refractivity contribution >= 4 is 40.1 Å². The van der Waals surface area contributed by atoms with Crippen LogP contribution >= 0.6 is 11.6 Å². The standard InChI is InChI=1S/C25H23ClN4O2/c1-17-8-2-3-9-18(17)25(32)27-15-14-23-28-21-12-6-7-13-22(21)30(23)16-24(31)29-20-11-5-4-10-19(20)26/h2-13H,14-16H2,1H3,(H,27,32)(H,29,31). The topological polar surface area (TPSA) is 76.0 Å². The molecule has 0 bridgehead atoms. The number of para-hydroxylation sites is 3. The van der Waals surface area contributed by atoms with Gasteiger partial charge in [0.2, 0.25) is 5.91 Å². The molecule has 2 amide bonds. The van der Waals surface area contributed by atoms with E-state index < -0.39 is 0 Å². The molecule has 0 saturated heterocycles. The van der Waals surface area contributed by atoms with Crippen molar-refractivity contribution in [2.75, 3.05) is 11.9 Å². The van der Waals surface area contributed by atoms with E-state index in [1.54, 1.807) is 18.2 Å². The van der Waals surface area contributed by atoms with Gasteiger partial charge in [0.25, 0.3) is 5.91 Å².